The topological polar surface area (TPSA) is 92.3 Å². The fraction of sp³-hybridized carbons (Fsp3) is 0.357. The van der Waals surface area contributed by atoms with Gasteiger partial charge in [-0.15, -0.1) is 10.2 Å². The van der Waals surface area contributed by atoms with E-state index < -0.39 is 27.8 Å². The van der Waals surface area contributed by atoms with Gasteiger partial charge in [0, 0.05) is 0 Å². The Bertz CT molecular complexity index is 857. The quantitative estimate of drug-likeness (QED) is 0.563. The van der Waals surface area contributed by atoms with Gasteiger partial charge in [0.2, 0.25) is 21.1 Å². The summed E-state index contributed by atoms with van der Waals surface area (Å²) < 4.78 is 39.3. The van der Waals surface area contributed by atoms with Crippen LogP contribution in [0.2, 0.25) is 0 Å². The van der Waals surface area contributed by atoms with Crippen molar-refractivity contribution in [3.63, 3.8) is 0 Å². The Labute approximate surface area is 153 Å². The van der Waals surface area contributed by atoms with Crippen LogP contribution in [0.3, 0.4) is 0 Å². The van der Waals surface area contributed by atoms with E-state index >= 15 is 0 Å². The van der Waals surface area contributed by atoms with Gasteiger partial charge in [0.15, 0.2) is 4.34 Å². The van der Waals surface area contributed by atoms with Gasteiger partial charge in [0.1, 0.15) is 11.9 Å². The molecule has 136 valence electrons. The molecule has 0 radical (unpaired) electrons. The Kier molecular flexibility index (Phi) is 6.36. The number of nitrogens with zero attached hydrogens (tertiary/aromatic N) is 3. The van der Waals surface area contributed by atoms with Gasteiger partial charge in [-0.05, 0) is 30.9 Å². The number of hydrogen-bond acceptors (Lipinski definition) is 7. The van der Waals surface area contributed by atoms with E-state index in [4.69, 9.17) is 0 Å². The summed E-state index contributed by atoms with van der Waals surface area (Å²) in [7, 11) is -3.81. The zero-order chi connectivity index (χ0) is 18.6. The van der Waals surface area contributed by atoms with Gasteiger partial charge in [0.25, 0.3) is 0 Å². The van der Waals surface area contributed by atoms with Crippen LogP contribution >= 0.6 is 23.1 Å². The van der Waals surface area contributed by atoms with Crippen molar-refractivity contribution in [2.75, 3.05) is 21.6 Å². The maximum absolute atomic E-state index is 13.5. The number of nitrogens with one attached hydrogen (secondary N) is 1. The molecule has 2 aromatic rings. The summed E-state index contributed by atoms with van der Waals surface area (Å²) in [5.41, 5.74) is 0.0737. The van der Waals surface area contributed by atoms with E-state index in [0.29, 0.717) is 4.34 Å². The molecule has 25 heavy (non-hydrogen) atoms. The van der Waals surface area contributed by atoms with Crippen molar-refractivity contribution in [3.8, 4) is 0 Å². The van der Waals surface area contributed by atoms with Gasteiger partial charge in [-0.3, -0.25) is 14.4 Å². The third kappa shape index (κ3) is 5.13. The molecule has 11 heteroatoms. The van der Waals surface area contributed by atoms with E-state index in [1.54, 1.807) is 0 Å². The molecule has 0 aliphatic carbocycles. The van der Waals surface area contributed by atoms with Crippen molar-refractivity contribution in [3.05, 3.63) is 30.1 Å². The predicted molar refractivity (Wildman–Crippen MR) is 98.1 cm³/mol. The molecule has 0 aliphatic rings. The molecule has 1 atom stereocenters. The molecular formula is C14H17FN4O3S3. The first kappa shape index (κ1) is 19.6. The van der Waals surface area contributed by atoms with Gasteiger partial charge in [-0.2, -0.15) is 0 Å². The first-order valence-electron chi connectivity index (χ1n) is 7.24. The molecule has 1 aromatic heterocycles. The van der Waals surface area contributed by atoms with E-state index in [2.05, 4.69) is 15.5 Å². The second kappa shape index (κ2) is 8.11. The van der Waals surface area contributed by atoms with Crippen LogP contribution in [0.1, 0.15) is 13.8 Å². The van der Waals surface area contributed by atoms with Crippen LogP contribution in [0, 0.1) is 5.82 Å². The maximum Gasteiger partial charge on any atom is 0.249 e. The summed E-state index contributed by atoms with van der Waals surface area (Å²) in [6, 6.07) is 3.97. The lowest BCUT2D eigenvalue weighted by molar-refractivity contribution is -0.116. The molecular weight excluding hydrogens is 387 g/mol. The van der Waals surface area contributed by atoms with Crippen LogP contribution in [0.15, 0.2) is 28.6 Å². The molecule has 1 heterocycles. The Morgan fingerprint density at radius 2 is 2.16 bits per heavy atom. The van der Waals surface area contributed by atoms with Gasteiger partial charge < -0.3 is 0 Å². The molecule has 0 fully saturated rings. The summed E-state index contributed by atoms with van der Waals surface area (Å²) in [5.74, 6) is -0.358. The zero-order valence-corrected chi connectivity index (χ0v) is 16.2. The number of halogens is 1. The Morgan fingerprint density at radius 3 is 2.76 bits per heavy atom. The highest BCUT2D eigenvalue weighted by atomic mass is 32.2. The molecule has 1 amide bonds. The number of rotatable bonds is 7. The minimum Gasteiger partial charge on any atom is -0.299 e. The Hall–Kier alpha value is -1.72. The molecule has 7 nitrogen and oxygen atoms in total. The van der Waals surface area contributed by atoms with Crippen molar-refractivity contribution in [2.24, 2.45) is 0 Å². The van der Waals surface area contributed by atoms with E-state index in [1.807, 2.05) is 6.92 Å². The third-order valence-corrected chi connectivity index (χ3v) is 6.15. The summed E-state index contributed by atoms with van der Waals surface area (Å²) in [5, 5.41) is 10.6. The van der Waals surface area contributed by atoms with Crippen molar-refractivity contribution in [1.82, 2.24) is 10.2 Å². The molecule has 0 spiro atoms. The van der Waals surface area contributed by atoms with Crippen LogP contribution in [0.5, 0.6) is 0 Å². The first-order valence-corrected chi connectivity index (χ1v) is 10.9. The summed E-state index contributed by atoms with van der Waals surface area (Å²) >= 11 is 2.69. The molecule has 0 saturated carbocycles. The standard InChI is InChI=1S/C14H17FN4O3S3/c1-4-23-14-18-17-13(24-14)16-12(20)9(2)19(25(3,21)22)11-7-5-6-10(15)8-11/h5-9H,4H2,1-3H3,(H,16,17,20)/t9-/m1/s1. The number of carbonyl (C=O) groups excluding carboxylic acids is 1. The fourth-order valence-corrected chi connectivity index (χ4v) is 4.89. The number of anilines is 2. The van der Waals surface area contributed by atoms with E-state index in [0.717, 1.165) is 22.4 Å². The highest BCUT2D eigenvalue weighted by molar-refractivity contribution is 8.01. The van der Waals surface area contributed by atoms with Crippen LogP contribution in [0.25, 0.3) is 0 Å². The second-order valence-corrected chi connectivity index (χ2v) is 9.36. The largest absolute Gasteiger partial charge is 0.299 e. The number of benzene rings is 1. The predicted octanol–water partition coefficient (Wildman–Crippen LogP) is 2.58. The zero-order valence-electron chi connectivity index (χ0n) is 13.8. The number of aromatic nitrogens is 2. The van der Waals surface area contributed by atoms with Gasteiger partial charge in [-0.1, -0.05) is 36.1 Å². The highest BCUT2D eigenvalue weighted by Crippen LogP contribution is 2.26. The Morgan fingerprint density at radius 1 is 1.44 bits per heavy atom. The lowest BCUT2D eigenvalue weighted by Crippen LogP contribution is -2.45. The molecule has 0 unspecified atom stereocenters. The first-order chi connectivity index (χ1) is 11.7. The number of amides is 1. The average Bonchev–Trinajstić information content (AvgIpc) is 2.93. The van der Waals surface area contributed by atoms with Crippen molar-refractivity contribution >= 4 is 49.8 Å². The summed E-state index contributed by atoms with van der Waals surface area (Å²) in [6.45, 7) is 3.39. The Balaban J connectivity index is 2.23. The van der Waals surface area contributed by atoms with Gasteiger partial charge in [0.05, 0.1) is 11.9 Å². The molecule has 1 aromatic carbocycles. The molecule has 2 rings (SSSR count). The lowest BCUT2D eigenvalue weighted by Gasteiger charge is -2.27. The van der Waals surface area contributed by atoms with E-state index in [-0.39, 0.29) is 10.8 Å². The smallest absolute Gasteiger partial charge is 0.249 e. The van der Waals surface area contributed by atoms with Crippen molar-refractivity contribution in [1.29, 1.82) is 0 Å². The SMILES string of the molecule is CCSc1nnc(NC(=O)[C@@H](C)N(c2cccc(F)c2)S(C)(=O)=O)s1. The van der Waals surface area contributed by atoms with Crippen LogP contribution in [-0.2, 0) is 14.8 Å². The normalized spacial score (nSPS) is 12.6. The molecule has 0 bridgehead atoms. The van der Waals surface area contributed by atoms with Gasteiger partial charge in [-0.25, -0.2) is 12.8 Å². The fourth-order valence-electron chi connectivity index (χ4n) is 2.07. The third-order valence-electron chi connectivity index (χ3n) is 3.06. The van der Waals surface area contributed by atoms with Crippen molar-refractivity contribution in [2.45, 2.75) is 24.2 Å². The second-order valence-electron chi connectivity index (χ2n) is 5.01. The number of carbonyl (C=O) groups is 1. The minimum atomic E-state index is -3.81. The minimum absolute atomic E-state index is 0.0737. The van der Waals surface area contributed by atoms with Crippen LogP contribution in [-0.4, -0.2) is 42.6 Å². The van der Waals surface area contributed by atoms with Crippen LogP contribution < -0.4 is 9.62 Å². The molecule has 0 aliphatic heterocycles. The van der Waals surface area contributed by atoms with E-state index in [1.165, 1.54) is 48.2 Å². The molecule has 0 saturated heterocycles. The molecule has 1 N–H and O–H groups in total. The lowest BCUT2D eigenvalue weighted by atomic mass is 10.2. The highest BCUT2D eigenvalue weighted by Gasteiger charge is 2.30. The van der Waals surface area contributed by atoms with Crippen molar-refractivity contribution < 1.29 is 17.6 Å². The maximum atomic E-state index is 13.5. The van der Waals surface area contributed by atoms with Crippen LogP contribution in [0.4, 0.5) is 15.2 Å². The summed E-state index contributed by atoms with van der Waals surface area (Å²) in [6.07, 6.45) is 0.961. The number of hydrogen-bond donors (Lipinski definition) is 1. The average molecular weight is 405 g/mol. The number of sulfonamides is 1. The summed E-state index contributed by atoms with van der Waals surface area (Å²) in [4.78, 5) is 12.4. The monoisotopic (exact) mass is 404 g/mol. The van der Waals surface area contributed by atoms with E-state index in [9.17, 15) is 17.6 Å². The van der Waals surface area contributed by atoms with Gasteiger partial charge >= 0.3 is 0 Å². The number of thioether (sulfide) groups is 1.